The molecule has 0 saturated carbocycles. The largest absolute Gasteiger partial charge is 0.481 e. The van der Waals surface area contributed by atoms with Crippen LogP contribution in [0.5, 0.6) is 11.5 Å². The standard InChI is InChI=1S/C35H28ClFN2O4/c1-22-19-26(16-17-30(22)37)38-31-18-15-25(36)20-29(31)35(42)39-32(21-34(40)41)24-13-11-23(12-14-24)28-9-5-6-10-33(28)43-27-7-3-2-4-8-27/h2-20,32,38H,21H2,1H3,(H,39,42)(H,40,41). The van der Waals surface area contributed by atoms with E-state index in [1.165, 1.54) is 12.1 Å². The molecule has 5 aromatic rings. The van der Waals surface area contributed by atoms with Gasteiger partial charge in [0.05, 0.1) is 23.7 Å². The van der Waals surface area contributed by atoms with Crippen molar-refractivity contribution in [2.24, 2.45) is 0 Å². The number of hydrogen-bond acceptors (Lipinski definition) is 4. The van der Waals surface area contributed by atoms with Gasteiger partial charge in [0.25, 0.3) is 5.91 Å². The lowest BCUT2D eigenvalue weighted by molar-refractivity contribution is -0.137. The Kier molecular flexibility index (Phi) is 9.03. The number of anilines is 2. The van der Waals surface area contributed by atoms with Gasteiger partial charge in [-0.15, -0.1) is 0 Å². The first-order valence-corrected chi connectivity index (χ1v) is 13.9. The molecule has 0 spiro atoms. The Bertz CT molecular complexity index is 1760. The molecule has 1 amide bonds. The number of carbonyl (C=O) groups excluding carboxylic acids is 1. The minimum absolute atomic E-state index is 0.216. The Hall–Kier alpha value is -5.14. The monoisotopic (exact) mass is 594 g/mol. The van der Waals surface area contributed by atoms with Gasteiger partial charge >= 0.3 is 5.97 Å². The first kappa shape index (κ1) is 29.4. The lowest BCUT2D eigenvalue weighted by Crippen LogP contribution is -2.30. The van der Waals surface area contributed by atoms with E-state index in [0.717, 1.165) is 11.1 Å². The van der Waals surface area contributed by atoms with Crippen LogP contribution in [0.1, 0.15) is 33.9 Å². The molecular formula is C35H28ClFN2O4. The number of benzene rings is 5. The van der Waals surface area contributed by atoms with E-state index in [4.69, 9.17) is 16.3 Å². The molecule has 5 rings (SSSR count). The van der Waals surface area contributed by atoms with Gasteiger partial charge in [-0.3, -0.25) is 9.59 Å². The van der Waals surface area contributed by atoms with Crippen molar-refractivity contribution in [1.29, 1.82) is 0 Å². The average molecular weight is 595 g/mol. The smallest absolute Gasteiger partial charge is 0.305 e. The lowest BCUT2D eigenvalue weighted by Gasteiger charge is -2.20. The van der Waals surface area contributed by atoms with Crippen LogP contribution < -0.4 is 15.4 Å². The molecule has 0 aliphatic heterocycles. The number of para-hydroxylation sites is 2. The molecular weight excluding hydrogens is 567 g/mol. The fraction of sp³-hybridized carbons (Fsp3) is 0.0857. The van der Waals surface area contributed by atoms with Gasteiger partial charge in [0.1, 0.15) is 17.3 Å². The second-order valence-corrected chi connectivity index (χ2v) is 10.4. The highest BCUT2D eigenvalue weighted by Gasteiger charge is 2.22. The Morgan fingerprint density at radius 2 is 1.60 bits per heavy atom. The number of aliphatic carboxylic acids is 1. The van der Waals surface area contributed by atoms with Crippen molar-refractivity contribution in [1.82, 2.24) is 5.32 Å². The summed E-state index contributed by atoms with van der Waals surface area (Å²) in [5, 5.41) is 16.0. The Morgan fingerprint density at radius 1 is 0.884 bits per heavy atom. The first-order chi connectivity index (χ1) is 20.8. The number of carbonyl (C=O) groups is 2. The number of hydrogen-bond donors (Lipinski definition) is 3. The maximum absolute atomic E-state index is 13.8. The third-order valence-corrected chi connectivity index (χ3v) is 7.06. The number of aryl methyl sites for hydroxylation is 1. The fourth-order valence-electron chi connectivity index (χ4n) is 4.66. The number of nitrogens with one attached hydrogen (secondary N) is 2. The molecule has 0 aromatic heterocycles. The second-order valence-electron chi connectivity index (χ2n) is 9.94. The number of rotatable bonds is 10. The van der Waals surface area contributed by atoms with E-state index in [-0.39, 0.29) is 17.8 Å². The van der Waals surface area contributed by atoms with Crippen molar-refractivity contribution in [3.8, 4) is 22.6 Å². The highest BCUT2D eigenvalue weighted by atomic mass is 35.5. The highest BCUT2D eigenvalue weighted by molar-refractivity contribution is 6.31. The van der Waals surface area contributed by atoms with Gasteiger partial charge in [-0.1, -0.05) is 72.3 Å². The molecule has 0 aliphatic carbocycles. The third kappa shape index (κ3) is 7.39. The van der Waals surface area contributed by atoms with Crippen molar-refractivity contribution >= 4 is 34.9 Å². The topological polar surface area (TPSA) is 87.7 Å². The van der Waals surface area contributed by atoms with Gasteiger partial charge < -0.3 is 20.5 Å². The predicted octanol–water partition coefficient (Wildman–Crippen LogP) is 8.94. The number of amides is 1. The van der Waals surface area contributed by atoms with Crippen molar-refractivity contribution in [3.63, 3.8) is 0 Å². The molecule has 5 aromatic carbocycles. The van der Waals surface area contributed by atoms with E-state index in [0.29, 0.717) is 39.0 Å². The lowest BCUT2D eigenvalue weighted by atomic mass is 9.98. The minimum atomic E-state index is -1.07. The number of ether oxygens (including phenoxy) is 1. The van der Waals surface area contributed by atoms with Gasteiger partial charge in [-0.05, 0) is 78.2 Å². The molecule has 0 fully saturated rings. The summed E-state index contributed by atoms with van der Waals surface area (Å²) in [6.07, 6.45) is -0.334. The molecule has 43 heavy (non-hydrogen) atoms. The maximum atomic E-state index is 13.8. The van der Waals surface area contributed by atoms with Gasteiger partial charge in [-0.2, -0.15) is 0 Å². The zero-order valence-electron chi connectivity index (χ0n) is 23.2. The molecule has 8 heteroatoms. The van der Waals surface area contributed by atoms with E-state index in [2.05, 4.69) is 10.6 Å². The molecule has 0 aliphatic rings. The third-order valence-electron chi connectivity index (χ3n) is 6.83. The zero-order chi connectivity index (χ0) is 30.3. The average Bonchev–Trinajstić information content (AvgIpc) is 3.00. The number of carboxylic acids is 1. The molecule has 216 valence electrons. The molecule has 6 nitrogen and oxygen atoms in total. The van der Waals surface area contributed by atoms with Crippen LogP contribution in [0, 0.1) is 12.7 Å². The molecule has 1 atom stereocenters. The van der Waals surface area contributed by atoms with Crippen LogP contribution in [0.15, 0.2) is 115 Å². The normalized spacial score (nSPS) is 11.4. The molecule has 0 heterocycles. The maximum Gasteiger partial charge on any atom is 0.305 e. The molecule has 0 bridgehead atoms. The van der Waals surface area contributed by atoms with Crippen LogP contribution in [-0.4, -0.2) is 17.0 Å². The quantitative estimate of drug-likeness (QED) is 0.150. The van der Waals surface area contributed by atoms with Gasteiger partial charge in [0.15, 0.2) is 0 Å². The van der Waals surface area contributed by atoms with Crippen molar-refractivity contribution in [2.75, 3.05) is 5.32 Å². The van der Waals surface area contributed by atoms with Gasteiger partial charge in [-0.25, -0.2) is 4.39 Å². The summed E-state index contributed by atoms with van der Waals surface area (Å²) in [5.41, 5.74) is 4.04. The van der Waals surface area contributed by atoms with E-state index >= 15 is 0 Å². The van der Waals surface area contributed by atoms with E-state index in [1.807, 2.05) is 66.7 Å². The van der Waals surface area contributed by atoms with E-state index in [1.54, 1.807) is 43.3 Å². The summed E-state index contributed by atoms with van der Waals surface area (Å²) in [7, 11) is 0. The second kappa shape index (κ2) is 13.2. The zero-order valence-corrected chi connectivity index (χ0v) is 23.9. The van der Waals surface area contributed by atoms with Crippen LogP contribution in [0.25, 0.3) is 11.1 Å². The summed E-state index contributed by atoms with van der Waals surface area (Å²) in [6.45, 7) is 1.65. The van der Waals surface area contributed by atoms with E-state index < -0.39 is 17.9 Å². The Labute approximate surface area is 253 Å². The van der Waals surface area contributed by atoms with Crippen LogP contribution in [0.4, 0.5) is 15.8 Å². The summed E-state index contributed by atoms with van der Waals surface area (Å²) in [5.74, 6) is -0.535. The number of halogens is 2. The Morgan fingerprint density at radius 3 is 2.33 bits per heavy atom. The summed E-state index contributed by atoms with van der Waals surface area (Å²) >= 11 is 6.23. The van der Waals surface area contributed by atoms with Crippen LogP contribution in [0.2, 0.25) is 5.02 Å². The highest BCUT2D eigenvalue weighted by Crippen LogP contribution is 2.34. The molecule has 0 saturated heterocycles. The van der Waals surface area contributed by atoms with Crippen molar-refractivity contribution < 1.29 is 23.8 Å². The summed E-state index contributed by atoms with van der Waals surface area (Å²) in [6, 6.07) is 32.9. The van der Waals surface area contributed by atoms with Crippen molar-refractivity contribution in [3.05, 3.63) is 143 Å². The molecule has 3 N–H and O–H groups in total. The first-order valence-electron chi connectivity index (χ1n) is 13.5. The molecule has 0 radical (unpaired) electrons. The SMILES string of the molecule is Cc1cc(Nc2ccc(Cl)cc2C(=O)NC(CC(=O)O)c2ccc(-c3ccccc3Oc3ccccc3)cc2)ccc1F. The van der Waals surface area contributed by atoms with Crippen LogP contribution in [0.3, 0.4) is 0 Å². The summed E-state index contributed by atoms with van der Waals surface area (Å²) in [4.78, 5) is 25.3. The fourth-order valence-corrected chi connectivity index (χ4v) is 4.83. The van der Waals surface area contributed by atoms with Gasteiger partial charge in [0, 0.05) is 16.3 Å². The van der Waals surface area contributed by atoms with Crippen molar-refractivity contribution in [2.45, 2.75) is 19.4 Å². The van der Waals surface area contributed by atoms with Crippen LogP contribution >= 0.6 is 11.6 Å². The van der Waals surface area contributed by atoms with E-state index in [9.17, 15) is 19.1 Å². The minimum Gasteiger partial charge on any atom is -0.481 e. The molecule has 1 unspecified atom stereocenters. The predicted molar refractivity (Wildman–Crippen MR) is 167 cm³/mol. The summed E-state index contributed by atoms with van der Waals surface area (Å²) < 4.78 is 19.9. The Balaban J connectivity index is 1.39. The number of carboxylic acid groups (broad SMARTS) is 1. The van der Waals surface area contributed by atoms with Crippen LogP contribution in [-0.2, 0) is 4.79 Å². The van der Waals surface area contributed by atoms with Gasteiger partial charge in [0.2, 0.25) is 0 Å².